The molecule has 0 bridgehead atoms. The van der Waals surface area contributed by atoms with Gasteiger partial charge in [-0.3, -0.25) is 4.79 Å². The van der Waals surface area contributed by atoms with Crippen molar-refractivity contribution in [3.05, 3.63) is 0 Å². The number of carbonyl (C=O) groups is 2. The Labute approximate surface area is 182 Å². The van der Waals surface area contributed by atoms with Crippen molar-refractivity contribution in [2.75, 3.05) is 13.2 Å². The van der Waals surface area contributed by atoms with E-state index in [4.69, 9.17) is 23.7 Å². The molecule has 178 valence electrons. The Bertz CT molecular complexity index is 701. The van der Waals surface area contributed by atoms with Crippen LogP contribution in [0.1, 0.15) is 54.9 Å². The van der Waals surface area contributed by atoms with Crippen LogP contribution in [-0.2, 0) is 28.5 Å². The summed E-state index contributed by atoms with van der Waals surface area (Å²) in [6.07, 6.45) is -4.75. The summed E-state index contributed by atoms with van der Waals surface area (Å²) in [4.78, 5) is 27.0. The molecule has 0 aromatic heterocycles. The van der Waals surface area contributed by atoms with Crippen molar-refractivity contribution in [3.63, 3.8) is 0 Å². The average Bonchev–Trinajstić information content (AvgIpc) is 3.26. The Morgan fingerprint density at radius 1 is 1.03 bits per heavy atom. The van der Waals surface area contributed by atoms with E-state index in [1.54, 1.807) is 48.5 Å². The third kappa shape index (κ3) is 5.37. The van der Waals surface area contributed by atoms with Gasteiger partial charge in [-0.25, -0.2) is 9.69 Å². The van der Waals surface area contributed by atoms with Gasteiger partial charge in [0.2, 0.25) is 5.91 Å². The first-order valence-corrected chi connectivity index (χ1v) is 10.7. The lowest BCUT2D eigenvalue weighted by molar-refractivity contribution is -0.159. The average molecular weight is 446 g/mol. The SMILES string of the molecule is CC(C)(C)OC(=O)N1C(=O)[C@H]([C@H](O)[C@@H]2COC(C)(C)O2)C[C@@H]1[C@H](O)[C@H]1COC(C)(C)O1. The van der Waals surface area contributed by atoms with Crippen molar-refractivity contribution >= 4 is 12.0 Å². The van der Waals surface area contributed by atoms with E-state index in [0.717, 1.165) is 4.90 Å². The van der Waals surface area contributed by atoms with Crippen LogP contribution >= 0.6 is 0 Å². The van der Waals surface area contributed by atoms with Gasteiger partial charge in [-0.1, -0.05) is 0 Å². The van der Waals surface area contributed by atoms with E-state index in [1.807, 2.05) is 0 Å². The fraction of sp³-hybridized carbons (Fsp3) is 0.905. The molecule has 0 aromatic carbocycles. The number of hydrogen-bond acceptors (Lipinski definition) is 9. The van der Waals surface area contributed by atoms with Gasteiger partial charge in [0.05, 0.1) is 31.3 Å². The van der Waals surface area contributed by atoms with Crippen LogP contribution < -0.4 is 0 Å². The first-order valence-electron chi connectivity index (χ1n) is 10.7. The molecule has 10 nitrogen and oxygen atoms in total. The molecular formula is C21H35NO9. The van der Waals surface area contributed by atoms with Crippen molar-refractivity contribution < 1.29 is 43.5 Å². The molecule has 0 spiro atoms. The zero-order valence-corrected chi connectivity index (χ0v) is 19.3. The highest BCUT2D eigenvalue weighted by atomic mass is 16.8. The number of aliphatic hydroxyl groups is 2. The van der Waals surface area contributed by atoms with Crippen LogP contribution in [0.2, 0.25) is 0 Å². The lowest BCUT2D eigenvalue weighted by Crippen LogP contribution is -2.51. The lowest BCUT2D eigenvalue weighted by Gasteiger charge is -2.31. The maximum absolute atomic E-state index is 13.2. The number of amides is 2. The summed E-state index contributed by atoms with van der Waals surface area (Å²) in [6.45, 7) is 12.2. The maximum atomic E-state index is 13.2. The van der Waals surface area contributed by atoms with E-state index in [-0.39, 0.29) is 19.6 Å². The lowest BCUT2D eigenvalue weighted by atomic mass is 9.92. The molecule has 31 heavy (non-hydrogen) atoms. The molecule has 3 fully saturated rings. The Kier molecular flexibility index (Phi) is 6.47. The standard InChI is InChI=1S/C21H35NO9/c1-19(2,3)31-18(26)22-12(16(24)14-10-28-21(6,7)30-14)8-11(17(22)25)15(23)13-9-27-20(4,5)29-13/h11-16,23-24H,8-10H2,1-7H3/t11-,12+,13-,14+,15-,16-/m0/s1. The number of ether oxygens (including phenoxy) is 5. The number of rotatable bonds is 4. The normalized spacial score (nSPS) is 34.7. The molecule has 6 atom stereocenters. The minimum Gasteiger partial charge on any atom is -0.443 e. The molecule has 3 heterocycles. The summed E-state index contributed by atoms with van der Waals surface area (Å²) in [5.74, 6) is -3.36. The molecule has 3 aliphatic heterocycles. The molecule has 0 saturated carbocycles. The summed E-state index contributed by atoms with van der Waals surface area (Å²) in [5.41, 5.74) is -0.842. The quantitative estimate of drug-likeness (QED) is 0.656. The Morgan fingerprint density at radius 2 is 1.52 bits per heavy atom. The summed E-state index contributed by atoms with van der Waals surface area (Å²) in [7, 11) is 0. The summed E-state index contributed by atoms with van der Waals surface area (Å²) >= 11 is 0. The number of nitrogens with zero attached hydrogens (tertiary/aromatic N) is 1. The molecule has 3 aliphatic rings. The summed E-state index contributed by atoms with van der Waals surface area (Å²) < 4.78 is 27.9. The highest BCUT2D eigenvalue weighted by Gasteiger charge is 2.55. The summed E-state index contributed by atoms with van der Waals surface area (Å²) in [5, 5.41) is 21.9. The number of likely N-dealkylation sites (tertiary alicyclic amines) is 1. The molecule has 3 saturated heterocycles. The minimum atomic E-state index is -1.22. The third-order valence-corrected chi connectivity index (χ3v) is 5.60. The van der Waals surface area contributed by atoms with E-state index in [9.17, 15) is 19.8 Å². The van der Waals surface area contributed by atoms with Crippen LogP contribution in [0.4, 0.5) is 4.79 Å². The molecule has 0 aromatic rings. The molecule has 2 N–H and O–H groups in total. The molecule has 2 amide bonds. The van der Waals surface area contributed by atoms with Gasteiger partial charge in [-0.2, -0.15) is 0 Å². The monoisotopic (exact) mass is 445 g/mol. The van der Waals surface area contributed by atoms with Crippen LogP contribution in [0.5, 0.6) is 0 Å². The van der Waals surface area contributed by atoms with Crippen LogP contribution in [-0.4, -0.2) is 88.0 Å². The van der Waals surface area contributed by atoms with Crippen LogP contribution in [0.25, 0.3) is 0 Å². The van der Waals surface area contributed by atoms with Crippen molar-refractivity contribution in [3.8, 4) is 0 Å². The zero-order valence-electron chi connectivity index (χ0n) is 19.3. The second kappa shape index (κ2) is 8.24. The Hall–Kier alpha value is -1.30. The first kappa shape index (κ1) is 24.3. The van der Waals surface area contributed by atoms with E-state index in [1.165, 1.54) is 0 Å². The van der Waals surface area contributed by atoms with Crippen molar-refractivity contribution in [1.29, 1.82) is 0 Å². The predicted octanol–water partition coefficient (Wildman–Crippen LogP) is 1.16. The predicted molar refractivity (Wildman–Crippen MR) is 107 cm³/mol. The number of imide groups is 1. The smallest absolute Gasteiger partial charge is 0.417 e. The van der Waals surface area contributed by atoms with Crippen LogP contribution in [0.15, 0.2) is 0 Å². The third-order valence-electron chi connectivity index (χ3n) is 5.60. The van der Waals surface area contributed by atoms with Crippen LogP contribution in [0.3, 0.4) is 0 Å². The minimum absolute atomic E-state index is 0.0288. The largest absolute Gasteiger partial charge is 0.443 e. The highest BCUT2D eigenvalue weighted by Crippen LogP contribution is 2.37. The number of carbonyl (C=O) groups excluding carboxylic acids is 2. The maximum Gasteiger partial charge on any atom is 0.417 e. The Balaban J connectivity index is 1.82. The molecule has 10 heteroatoms. The fourth-order valence-corrected chi connectivity index (χ4v) is 4.20. The molecule has 0 unspecified atom stereocenters. The second-order valence-corrected chi connectivity index (χ2v) is 10.3. The van der Waals surface area contributed by atoms with Gasteiger partial charge < -0.3 is 33.9 Å². The van der Waals surface area contributed by atoms with Gasteiger partial charge in [0.25, 0.3) is 0 Å². The summed E-state index contributed by atoms with van der Waals surface area (Å²) in [6, 6.07) is -0.945. The van der Waals surface area contributed by atoms with Crippen molar-refractivity contribution in [2.45, 2.75) is 103 Å². The van der Waals surface area contributed by atoms with E-state index >= 15 is 0 Å². The van der Waals surface area contributed by atoms with Crippen molar-refractivity contribution in [1.82, 2.24) is 4.90 Å². The Morgan fingerprint density at radius 3 is 1.94 bits per heavy atom. The van der Waals surface area contributed by atoms with E-state index < -0.39 is 65.6 Å². The topological polar surface area (TPSA) is 124 Å². The van der Waals surface area contributed by atoms with Gasteiger partial charge in [0.15, 0.2) is 11.6 Å². The van der Waals surface area contributed by atoms with E-state index in [0.29, 0.717) is 0 Å². The van der Waals surface area contributed by atoms with Crippen LogP contribution in [0, 0.1) is 5.92 Å². The first-order chi connectivity index (χ1) is 14.1. The second-order valence-electron chi connectivity index (χ2n) is 10.3. The number of aliphatic hydroxyl groups excluding tert-OH is 2. The molecule has 0 aliphatic carbocycles. The van der Waals surface area contributed by atoms with E-state index in [2.05, 4.69) is 0 Å². The van der Waals surface area contributed by atoms with Crippen molar-refractivity contribution in [2.24, 2.45) is 5.92 Å². The fourth-order valence-electron chi connectivity index (χ4n) is 4.20. The van der Waals surface area contributed by atoms with Gasteiger partial charge in [-0.05, 0) is 54.9 Å². The highest BCUT2D eigenvalue weighted by molar-refractivity contribution is 5.96. The number of hydrogen-bond donors (Lipinski definition) is 2. The zero-order chi connectivity index (χ0) is 23.4. The molecule has 0 radical (unpaired) electrons. The van der Waals surface area contributed by atoms with Gasteiger partial charge in [-0.15, -0.1) is 0 Å². The molecular weight excluding hydrogens is 410 g/mol. The van der Waals surface area contributed by atoms with Gasteiger partial charge in [0, 0.05) is 0 Å². The van der Waals surface area contributed by atoms with Gasteiger partial charge in [0.1, 0.15) is 23.9 Å². The van der Waals surface area contributed by atoms with Gasteiger partial charge >= 0.3 is 6.09 Å². The molecule has 3 rings (SSSR count).